The van der Waals surface area contributed by atoms with E-state index < -0.39 is 45.5 Å². The van der Waals surface area contributed by atoms with E-state index in [2.05, 4.69) is 9.62 Å². The average molecular weight is 613 g/mol. The summed E-state index contributed by atoms with van der Waals surface area (Å²) in [4.78, 5) is 1.89. The number of β-amino-alcohol motifs (C(OH)–C–C–N with tert-alkyl or cyclic N) is 1. The Morgan fingerprint density at radius 3 is 2.36 bits per heavy atom. The second kappa shape index (κ2) is 12.4. The van der Waals surface area contributed by atoms with Crippen LogP contribution in [0.5, 0.6) is 5.75 Å². The topological polar surface area (TPSA) is 119 Å². The number of fused-ring (bicyclic) bond motifs is 1. The molecule has 1 unspecified atom stereocenters. The Balaban J connectivity index is 1.51. The third-order valence-electron chi connectivity index (χ3n) is 8.80. The number of benzene rings is 2. The van der Waals surface area contributed by atoms with E-state index >= 15 is 0 Å². The van der Waals surface area contributed by atoms with Crippen LogP contribution in [0.3, 0.4) is 0 Å². The van der Waals surface area contributed by atoms with E-state index in [1.165, 1.54) is 36.8 Å². The number of alkyl halides is 3. The van der Waals surface area contributed by atoms with Crippen LogP contribution in [0, 0.1) is 11.3 Å². The lowest BCUT2D eigenvalue weighted by atomic mass is 9.84. The van der Waals surface area contributed by atoms with Gasteiger partial charge in [-0.05, 0) is 67.0 Å². The van der Waals surface area contributed by atoms with E-state index in [0.29, 0.717) is 24.6 Å². The van der Waals surface area contributed by atoms with Crippen molar-refractivity contribution in [2.45, 2.75) is 74.3 Å². The van der Waals surface area contributed by atoms with E-state index in [0.717, 1.165) is 37.8 Å². The van der Waals surface area contributed by atoms with Gasteiger partial charge >= 0.3 is 6.18 Å². The fourth-order valence-electron chi connectivity index (χ4n) is 6.72. The third kappa shape index (κ3) is 7.28. The lowest BCUT2D eigenvalue weighted by Crippen LogP contribution is -2.48. The number of rotatable bonds is 3. The molecule has 2 aliphatic carbocycles. The highest BCUT2D eigenvalue weighted by Crippen LogP contribution is 2.42. The molecule has 2 aromatic carbocycles. The number of halogens is 3. The van der Waals surface area contributed by atoms with Gasteiger partial charge in [-0.2, -0.15) is 13.2 Å². The maximum Gasteiger partial charge on any atom is 0.416 e. The Bertz CT molecular complexity index is 1340. The van der Waals surface area contributed by atoms with Crippen LogP contribution in [-0.4, -0.2) is 79.7 Å². The van der Waals surface area contributed by atoms with Crippen LogP contribution in [0.1, 0.15) is 50.5 Å². The van der Waals surface area contributed by atoms with Crippen molar-refractivity contribution in [1.29, 1.82) is 0 Å². The Kier molecular flexibility index (Phi) is 9.22. The second-order valence-corrected chi connectivity index (χ2v) is 14.0. The molecular formula is C30H39F3N2O6S. The largest absolute Gasteiger partial charge is 0.492 e. The van der Waals surface area contributed by atoms with Crippen molar-refractivity contribution in [3.8, 4) is 16.9 Å². The number of ether oxygens (including phenoxy) is 1. The molecule has 5 rings (SSSR count). The fraction of sp³-hybridized carbons (Fsp3) is 0.600. The molecule has 4 atom stereocenters. The van der Waals surface area contributed by atoms with Crippen molar-refractivity contribution >= 4 is 10.0 Å². The highest BCUT2D eigenvalue weighted by molar-refractivity contribution is 7.89. The van der Waals surface area contributed by atoms with Gasteiger partial charge in [0.2, 0.25) is 10.0 Å². The van der Waals surface area contributed by atoms with Gasteiger partial charge in [0.05, 0.1) is 30.5 Å². The SMILES string of the molecule is O=S1(=O)NC[C@H](O)CN(CC2CCCCC2)CC2(COc3cc(-c4cccc(C(F)(F)F)c4)ccc31)C[C@@H](O)[C@@H](O)C2. The van der Waals surface area contributed by atoms with E-state index in [1.54, 1.807) is 0 Å². The van der Waals surface area contributed by atoms with Crippen LogP contribution in [-0.2, 0) is 16.2 Å². The van der Waals surface area contributed by atoms with Crippen molar-refractivity contribution in [3.05, 3.63) is 48.0 Å². The van der Waals surface area contributed by atoms with Gasteiger partial charge in [0.25, 0.3) is 0 Å². The van der Waals surface area contributed by atoms with Gasteiger partial charge in [0.1, 0.15) is 10.6 Å². The standard InChI is InChI=1S/C30H39F3N2O6S/c31-30(32,33)23-8-4-7-21(11-23)22-9-10-28-27(12-22)41-19-29(13-25(37)26(38)14-29)18-35(16-20-5-2-1-3-6-20)17-24(36)15-34-42(28,39)40/h4,7-12,20,24-26,34,36-38H,1-3,5-6,13-19H2/t24-,25-,26+,29?/m0/s1. The van der Waals surface area contributed by atoms with Crippen molar-refractivity contribution in [3.63, 3.8) is 0 Å². The normalized spacial score (nSPS) is 29.8. The van der Waals surface area contributed by atoms with Crippen molar-refractivity contribution in [2.24, 2.45) is 11.3 Å². The molecule has 2 aromatic rings. The minimum Gasteiger partial charge on any atom is -0.492 e. The molecule has 0 radical (unpaired) electrons. The lowest BCUT2D eigenvalue weighted by molar-refractivity contribution is -0.137. The summed E-state index contributed by atoms with van der Waals surface area (Å²) in [5.74, 6) is 0.377. The molecule has 8 nitrogen and oxygen atoms in total. The van der Waals surface area contributed by atoms with Crippen molar-refractivity contribution in [1.82, 2.24) is 9.62 Å². The van der Waals surface area contributed by atoms with Crippen molar-refractivity contribution < 1.29 is 41.6 Å². The summed E-state index contributed by atoms with van der Waals surface area (Å²) in [6.07, 6.45) is -1.47. The molecule has 0 bridgehead atoms. The van der Waals surface area contributed by atoms with Gasteiger partial charge in [0, 0.05) is 31.6 Å². The van der Waals surface area contributed by atoms with Crippen LogP contribution in [0.4, 0.5) is 13.2 Å². The molecule has 1 heterocycles. The summed E-state index contributed by atoms with van der Waals surface area (Å²) in [7, 11) is -4.17. The zero-order valence-electron chi connectivity index (χ0n) is 23.4. The first-order valence-corrected chi connectivity index (χ1v) is 16.0. The molecule has 232 valence electrons. The average Bonchev–Trinajstić information content (AvgIpc) is 3.22. The van der Waals surface area contributed by atoms with Gasteiger partial charge < -0.3 is 20.1 Å². The summed E-state index contributed by atoms with van der Waals surface area (Å²) in [6, 6.07) is 8.86. The lowest BCUT2D eigenvalue weighted by Gasteiger charge is -2.39. The van der Waals surface area contributed by atoms with Crippen molar-refractivity contribution in [2.75, 3.05) is 32.8 Å². The minimum absolute atomic E-state index is 0.0348. The molecule has 1 aliphatic heterocycles. The van der Waals surface area contributed by atoms with Crippen LogP contribution in [0.15, 0.2) is 47.4 Å². The molecule has 0 saturated heterocycles. The Labute approximate surface area is 244 Å². The van der Waals surface area contributed by atoms with E-state index in [9.17, 15) is 36.9 Å². The number of aliphatic hydroxyl groups excluding tert-OH is 3. The molecule has 42 heavy (non-hydrogen) atoms. The van der Waals surface area contributed by atoms with Crippen LogP contribution >= 0.6 is 0 Å². The number of nitrogens with one attached hydrogen (secondary N) is 1. The predicted molar refractivity (Wildman–Crippen MR) is 150 cm³/mol. The smallest absolute Gasteiger partial charge is 0.416 e. The molecule has 1 spiro atoms. The summed E-state index contributed by atoms with van der Waals surface area (Å²) in [5.41, 5.74) is -1.000. The zero-order chi connectivity index (χ0) is 30.1. The minimum atomic E-state index is -4.54. The number of aliphatic hydroxyl groups is 3. The number of hydrogen-bond donors (Lipinski definition) is 4. The van der Waals surface area contributed by atoms with Gasteiger partial charge in [-0.15, -0.1) is 0 Å². The van der Waals surface area contributed by atoms with E-state index in [4.69, 9.17) is 4.74 Å². The molecule has 2 saturated carbocycles. The summed E-state index contributed by atoms with van der Waals surface area (Å²) in [6.45, 7) is 1.07. The first-order chi connectivity index (χ1) is 19.8. The van der Waals surface area contributed by atoms with Gasteiger partial charge in [0.15, 0.2) is 0 Å². The molecular weight excluding hydrogens is 573 g/mol. The van der Waals surface area contributed by atoms with Crippen LogP contribution in [0.2, 0.25) is 0 Å². The highest BCUT2D eigenvalue weighted by atomic mass is 32.2. The summed E-state index contributed by atoms with van der Waals surface area (Å²) < 4.78 is 75.5. The number of hydrogen-bond acceptors (Lipinski definition) is 7. The Morgan fingerprint density at radius 1 is 0.976 bits per heavy atom. The monoisotopic (exact) mass is 612 g/mol. The quantitative estimate of drug-likeness (QED) is 0.417. The fourth-order valence-corrected chi connectivity index (χ4v) is 7.92. The molecule has 12 heteroatoms. The summed E-state index contributed by atoms with van der Waals surface area (Å²) >= 11 is 0. The first kappa shape index (κ1) is 31.2. The number of sulfonamides is 1. The third-order valence-corrected chi connectivity index (χ3v) is 10.3. The van der Waals surface area contributed by atoms with Gasteiger partial charge in [-0.25, -0.2) is 13.1 Å². The number of nitrogens with zero attached hydrogens (tertiary/aromatic N) is 1. The Hall–Kier alpha value is -2.22. The van der Waals surface area contributed by atoms with Gasteiger partial charge in [-0.1, -0.05) is 37.5 Å². The van der Waals surface area contributed by atoms with E-state index in [-0.39, 0.29) is 48.7 Å². The van der Waals surface area contributed by atoms with Gasteiger partial charge in [-0.3, -0.25) is 4.90 Å². The predicted octanol–water partition coefficient (Wildman–Crippen LogP) is 3.79. The maximum absolute atomic E-state index is 13.4. The molecule has 2 fully saturated rings. The summed E-state index contributed by atoms with van der Waals surface area (Å²) in [5, 5.41) is 32.0. The molecule has 4 N–H and O–H groups in total. The van der Waals surface area contributed by atoms with E-state index in [1.807, 2.05) is 0 Å². The van der Waals surface area contributed by atoms with Crippen LogP contribution in [0.25, 0.3) is 11.1 Å². The Morgan fingerprint density at radius 2 is 1.67 bits per heavy atom. The first-order valence-electron chi connectivity index (χ1n) is 14.5. The van der Waals surface area contributed by atoms with Crippen LogP contribution < -0.4 is 9.46 Å². The second-order valence-electron chi connectivity index (χ2n) is 12.3. The molecule has 0 amide bonds. The zero-order valence-corrected chi connectivity index (χ0v) is 24.2. The highest BCUT2D eigenvalue weighted by Gasteiger charge is 2.46. The molecule has 3 aliphatic rings. The molecule has 0 aromatic heterocycles. The maximum atomic E-state index is 13.4.